The van der Waals surface area contributed by atoms with Gasteiger partial charge in [0.05, 0.1) is 0 Å². The van der Waals surface area contributed by atoms with Crippen LogP contribution in [-0.2, 0) is 11.3 Å². The Balaban J connectivity index is 1.45. The van der Waals surface area contributed by atoms with Gasteiger partial charge in [-0.1, -0.05) is 12.1 Å². The number of amides is 4. The van der Waals surface area contributed by atoms with Gasteiger partial charge in [-0.25, -0.2) is 9.18 Å². The van der Waals surface area contributed by atoms with Crippen molar-refractivity contribution >= 4 is 23.5 Å². The summed E-state index contributed by atoms with van der Waals surface area (Å²) in [5.74, 6) is -0.717. The van der Waals surface area contributed by atoms with Crippen molar-refractivity contribution in [3.05, 3.63) is 65.5 Å². The number of anilines is 1. The van der Waals surface area contributed by atoms with E-state index in [-0.39, 0.29) is 23.5 Å². The van der Waals surface area contributed by atoms with Gasteiger partial charge in [0.2, 0.25) is 5.91 Å². The van der Waals surface area contributed by atoms with Crippen LogP contribution in [0.4, 0.5) is 14.9 Å². The van der Waals surface area contributed by atoms with E-state index < -0.39 is 6.03 Å². The Morgan fingerprint density at radius 2 is 1.62 bits per heavy atom. The normalized spacial score (nSPS) is 14.3. The predicted octanol–water partition coefficient (Wildman–Crippen LogP) is 2.48. The number of halogens is 1. The van der Waals surface area contributed by atoms with E-state index in [1.807, 2.05) is 0 Å². The number of nitrogens with one attached hydrogen (secondary N) is 2. The number of primary amides is 1. The highest BCUT2D eigenvalue weighted by molar-refractivity contribution is 5.94. The van der Waals surface area contributed by atoms with Gasteiger partial charge in [0.1, 0.15) is 5.82 Å². The molecule has 7 nitrogen and oxygen atoms in total. The first-order valence-electron chi connectivity index (χ1n) is 9.40. The molecule has 29 heavy (non-hydrogen) atoms. The number of nitrogens with zero attached hydrogens (tertiary/aromatic N) is 1. The molecule has 0 unspecified atom stereocenters. The highest BCUT2D eigenvalue weighted by Gasteiger charge is 2.27. The minimum Gasteiger partial charge on any atom is -0.352 e. The van der Waals surface area contributed by atoms with Crippen molar-refractivity contribution in [1.82, 2.24) is 10.2 Å². The number of likely N-dealkylation sites (tertiary alicyclic amines) is 1. The maximum atomic E-state index is 13.0. The fourth-order valence-corrected chi connectivity index (χ4v) is 3.30. The Kier molecular flexibility index (Phi) is 6.43. The van der Waals surface area contributed by atoms with Crippen LogP contribution in [0.25, 0.3) is 0 Å². The number of hydrogen-bond acceptors (Lipinski definition) is 3. The third-order valence-electron chi connectivity index (χ3n) is 4.93. The van der Waals surface area contributed by atoms with Crippen LogP contribution in [0, 0.1) is 11.7 Å². The zero-order chi connectivity index (χ0) is 20.8. The Hall–Kier alpha value is -3.42. The Morgan fingerprint density at radius 3 is 2.21 bits per heavy atom. The summed E-state index contributed by atoms with van der Waals surface area (Å²) in [5, 5.41) is 5.39. The van der Waals surface area contributed by atoms with E-state index in [9.17, 15) is 18.8 Å². The SMILES string of the molecule is NC(=O)Nc1ccc(CNC(=O)C2CCN(C(=O)c3ccc(F)cc3)CC2)cc1. The van der Waals surface area contributed by atoms with E-state index in [1.165, 1.54) is 24.3 Å². The molecular formula is C21H23FN4O3. The molecule has 4 N–H and O–H groups in total. The average Bonchev–Trinajstić information content (AvgIpc) is 2.73. The highest BCUT2D eigenvalue weighted by atomic mass is 19.1. The van der Waals surface area contributed by atoms with Crippen molar-refractivity contribution in [2.75, 3.05) is 18.4 Å². The summed E-state index contributed by atoms with van der Waals surface area (Å²) >= 11 is 0. The molecule has 8 heteroatoms. The van der Waals surface area contributed by atoms with Crippen molar-refractivity contribution in [2.24, 2.45) is 11.7 Å². The Labute approximate surface area is 168 Å². The van der Waals surface area contributed by atoms with Crippen LogP contribution < -0.4 is 16.4 Å². The summed E-state index contributed by atoms with van der Waals surface area (Å²) in [6.07, 6.45) is 1.17. The Morgan fingerprint density at radius 1 is 1.00 bits per heavy atom. The van der Waals surface area contributed by atoms with Crippen molar-refractivity contribution in [1.29, 1.82) is 0 Å². The molecular weight excluding hydrogens is 375 g/mol. The molecule has 2 aromatic rings. The number of hydrogen-bond donors (Lipinski definition) is 3. The lowest BCUT2D eigenvalue weighted by molar-refractivity contribution is -0.126. The third kappa shape index (κ3) is 5.54. The molecule has 4 amide bonds. The minimum atomic E-state index is -0.629. The first-order chi connectivity index (χ1) is 13.9. The van der Waals surface area contributed by atoms with Crippen LogP contribution in [0.5, 0.6) is 0 Å². The average molecular weight is 398 g/mol. The first kappa shape index (κ1) is 20.3. The van der Waals surface area contributed by atoms with Crippen molar-refractivity contribution in [2.45, 2.75) is 19.4 Å². The summed E-state index contributed by atoms with van der Waals surface area (Å²) < 4.78 is 13.0. The zero-order valence-electron chi connectivity index (χ0n) is 15.9. The quantitative estimate of drug-likeness (QED) is 0.721. The lowest BCUT2D eigenvalue weighted by Crippen LogP contribution is -2.42. The van der Waals surface area contributed by atoms with Gasteiger partial charge in [-0.15, -0.1) is 0 Å². The van der Waals surface area contributed by atoms with Crippen LogP contribution in [0.1, 0.15) is 28.8 Å². The molecule has 0 radical (unpaired) electrons. The molecule has 1 fully saturated rings. The molecule has 1 heterocycles. The number of carbonyl (C=O) groups excluding carboxylic acids is 3. The van der Waals surface area contributed by atoms with Gasteiger partial charge in [0.25, 0.3) is 5.91 Å². The summed E-state index contributed by atoms with van der Waals surface area (Å²) in [5.41, 5.74) is 7.00. The first-order valence-corrected chi connectivity index (χ1v) is 9.40. The lowest BCUT2D eigenvalue weighted by atomic mass is 9.95. The summed E-state index contributed by atoms with van der Waals surface area (Å²) in [6, 6.07) is 11.9. The standard InChI is InChI=1S/C21H23FN4O3/c22-17-5-3-16(4-6-17)20(28)26-11-9-15(10-12-26)19(27)24-13-14-1-7-18(8-2-14)25-21(23)29/h1-8,15H,9-13H2,(H,24,27)(H3,23,25,29). The fraction of sp³-hybridized carbons (Fsp3) is 0.286. The molecule has 152 valence electrons. The lowest BCUT2D eigenvalue weighted by Gasteiger charge is -2.31. The van der Waals surface area contributed by atoms with Gasteiger partial charge < -0.3 is 21.3 Å². The van der Waals surface area contributed by atoms with Crippen molar-refractivity contribution in [3.8, 4) is 0 Å². The van der Waals surface area contributed by atoms with Crippen LogP contribution in [-0.4, -0.2) is 35.8 Å². The minimum absolute atomic E-state index is 0.0433. The fourth-order valence-electron chi connectivity index (χ4n) is 3.30. The molecule has 0 saturated carbocycles. The van der Waals surface area contributed by atoms with Crippen LogP contribution >= 0.6 is 0 Å². The van der Waals surface area contributed by atoms with Gasteiger partial charge in [-0.05, 0) is 54.8 Å². The largest absolute Gasteiger partial charge is 0.352 e. The van der Waals surface area contributed by atoms with Crippen LogP contribution in [0.3, 0.4) is 0 Å². The third-order valence-corrected chi connectivity index (χ3v) is 4.93. The molecule has 0 aromatic heterocycles. The van der Waals surface area contributed by atoms with E-state index >= 15 is 0 Å². The smallest absolute Gasteiger partial charge is 0.316 e. The van der Waals surface area contributed by atoms with Crippen LogP contribution in [0.2, 0.25) is 0 Å². The number of benzene rings is 2. The van der Waals surface area contributed by atoms with Gasteiger partial charge in [0.15, 0.2) is 0 Å². The highest BCUT2D eigenvalue weighted by Crippen LogP contribution is 2.20. The second-order valence-electron chi connectivity index (χ2n) is 6.98. The van der Waals surface area contributed by atoms with Gasteiger partial charge in [-0.3, -0.25) is 9.59 Å². The maximum absolute atomic E-state index is 13.0. The molecule has 0 bridgehead atoms. The van der Waals surface area contributed by atoms with E-state index in [2.05, 4.69) is 10.6 Å². The van der Waals surface area contributed by atoms with E-state index in [0.29, 0.717) is 43.7 Å². The molecule has 1 aliphatic rings. The zero-order valence-corrected chi connectivity index (χ0v) is 15.9. The van der Waals surface area contributed by atoms with Crippen molar-refractivity contribution < 1.29 is 18.8 Å². The summed E-state index contributed by atoms with van der Waals surface area (Å²) in [7, 11) is 0. The number of piperidine rings is 1. The summed E-state index contributed by atoms with van der Waals surface area (Å²) in [4.78, 5) is 37.4. The second kappa shape index (κ2) is 9.18. The Bertz CT molecular complexity index is 876. The summed E-state index contributed by atoms with van der Waals surface area (Å²) in [6.45, 7) is 1.36. The van der Waals surface area contributed by atoms with E-state index in [0.717, 1.165) is 5.56 Å². The van der Waals surface area contributed by atoms with E-state index in [4.69, 9.17) is 5.73 Å². The molecule has 1 aliphatic heterocycles. The van der Waals surface area contributed by atoms with Gasteiger partial charge >= 0.3 is 6.03 Å². The number of carbonyl (C=O) groups is 3. The molecule has 0 spiro atoms. The molecule has 0 aliphatic carbocycles. The molecule has 0 atom stereocenters. The topological polar surface area (TPSA) is 105 Å². The van der Waals surface area contributed by atoms with Crippen molar-refractivity contribution in [3.63, 3.8) is 0 Å². The van der Waals surface area contributed by atoms with Crippen LogP contribution in [0.15, 0.2) is 48.5 Å². The second-order valence-corrected chi connectivity index (χ2v) is 6.98. The monoisotopic (exact) mass is 398 g/mol. The van der Waals surface area contributed by atoms with E-state index in [1.54, 1.807) is 29.2 Å². The van der Waals surface area contributed by atoms with Gasteiger partial charge in [-0.2, -0.15) is 0 Å². The maximum Gasteiger partial charge on any atom is 0.316 e. The molecule has 1 saturated heterocycles. The number of nitrogens with two attached hydrogens (primary N) is 1. The molecule has 2 aromatic carbocycles. The number of rotatable bonds is 5. The molecule has 3 rings (SSSR count). The number of urea groups is 1. The van der Waals surface area contributed by atoms with Gasteiger partial charge in [0, 0.05) is 36.8 Å². The predicted molar refractivity (Wildman–Crippen MR) is 107 cm³/mol.